The Morgan fingerprint density at radius 3 is 2.91 bits per heavy atom. The van der Waals surface area contributed by atoms with Crippen LogP contribution in [0, 0.1) is 0 Å². The molecule has 2 heterocycles. The maximum Gasteiger partial charge on any atom is 0.273 e. The number of carbonyl (C=O) groups excluding carboxylic acids is 1. The third-order valence-corrected chi connectivity index (χ3v) is 3.82. The number of H-pyrrole nitrogens is 2. The number of para-hydroxylation sites is 2. The maximum absolute atomic E-state index is 12.3. The maximum atomic E-state index is 12.3. The Bertz CT molecular complexity index is 1030. The quantitative estimate of drug-likeness (QED) is 0.394. The van der Waals surface area contributed by atoms with Gasteiger partial charge in [0.2, 0.25) is 0 Å². The van der Waals surface area contributed by atoms with Crippen LogP contribution in [0.5, 0.6) is 0 Å². The lowest BCUT2D eigenvalue weighted by Crippen LogP contribution is -2.17. The first kappa shape index (κ1) is 13.3. The van der Waals surface area contributed by atoms with Crippen molar-refractivity contribution in [3.8, 4) is 0 Å². The van der Waals surface area contributed by atoms with Crippen molar-refractivity contribution < 1.29 is 4.79 Å². The Morgan fingerprint density at radius 1 is 1.04 bits per heavy atom. The van der Waals surface area contributed by atoms with Gasteiger partial charge >= 0.3 is 0 Å². The largest absolute Gasteiger partial charge is 0.361 e. The predicted octanol–water partition coefficient (Wildman–Crippen LogP) is 3.41. The highest BCUT2D eigenvalue weighted by molar-refractivity contribution is 6.06. The zero-order valence-electron chi connectivity index (χ0n) is 12.2. The molecule has 112 valence electrons. The number of hydrazone groups is 1. The second-order valence-electron chi connectivity index (χ2n) is 5.24. The number of aromatic nitrogens is 2. The molecule has 0 bridgehead atoms. The van der Waals surface area contributed by atoms with E-state index in [0.717, 1.165) is 27.4 Å². The predicted molar refractivity (Wildman–Crippen MR) is 91.7 cm³/mol. The number of carbonyl (C=O) groups is 1. The van der Waals surface area contributed by atoms with Crippen LogP contribution in [0.2, 0.25) is 0 Å². The van der Waals surface area contributed by atoms with Crippen molar-refractivity contribution in [1.29, 1.82) is 0 Å². The molecule has 5 heteroatoms. The van der Waals surface area contributed by atoms with E-state index in [0.29, 0.717) is 5.56 Å². The first-order chi connectivity index (χ1) is 11.3. The van der Waals surface area contributed by atoms with Gasteiger partial charge in [-0.15, -0.1) is 0 Å². The van der Waals surface area contributed by atoms with Crippen LogP contribution in [0.4, 0.5) is 0 Å². The summed E-state index contributed by atoms with van der Waals surface area (Å²) in [5, 5.41) is 6.14. The summed E-state index contributed by atoms with van der Waals surface area (Å²) < 4.78 is 0. The summed E-state index contributed by atoms with van der Waals surface area (Å²) in [5.41, 5.74) is 5.93. The third-order valence-electron chi connectivity index (χ3n) is 3.82. The van der Waals surface area contributed by atoms with Gasteiger partial charge in [-0.3, -0.25) is 4.79 Å². The van der Waals surface area contributed by atoms with Gasteiger partial charge in [0.25, 0.3) is 5.91 Å². The molecule has 23 heavy (non-hydrogen) atoms. The van der Waals surface area contributed by atoms with Crippen LogP contribution in [-0.2, 0) is 0 Å². The molecule has 0 unspecified atom stereocenters. The van der Waals surface area contributed by atoms with Gasteiger partial charge in [-0.25, -0.2) is 5.43 Å². The van der Waals surface area contributed by atoms with Crippen molar-refractivity contribution in [2.75, 3.05) is 0 Å². The second-order valence-corrected chi connectivity index (χ2v) is 5.24. The van der Waals surface area contributed by atoms with Crippen LogP contribution in [0.15, 0.2) is 66.0 Å². The van der Waals surface area contributed by atoms with Crippen molar-refractivity contribution >= 4 is 33.9 Å². The van der Waals surface area contributed by atoms with Gasteiger partial charge in [0.15, 0.2) is 0 Å². The molecular weight excluding hydrogens is 288 g/mol. The number of fused-ring (bicyclic) bond motifs is 2. The van der Waals surface area contributed by atoms with E-state index in [1.807, 2.05) is 54.9 Å². The van der Waals surface area contributed by atoms with E-state index < -0.39 is 0 Å². The SMILES string of the molecule is O=C(N/N=C\c1c[nH]c2ccccc12)c1cccc2cc[nH]c12. The number of hydrogen-bond donors (Lipinski definition) is 3. The summed E-state index contributed by atoms with van der Waals surface area (Å²) >= 11 is 0. The van der Waals surface area contributed by atoms with Crippen LogP contribution in [0.25, 0.3) is 21.8 Å². The van der Waals surface area contributed by atoms with Gasteiger partial charge in [0.1, 0.15) is 0 Å². The summed E-state index contributed by atoms with van der Waals surface area (Å²) in [5.74, 6) is -0.242. The molecule has 0 aliphatic heterocycles. The zero-order valence-corrected chi connectivity index (χ0v) is 12.2. The minimum Gasteiger partial charge on any atom is -0.361 e. The van der Waals surface area contributed by atoms with Crippen LogP contribution in [-0.4, -0.2) is 22.1 Å². The van der Waals surface area contributed by atoms with Gasteiger partial charge in [-0.2, -0.15) is 5.10 Å². The molecule has 0 atom stereocenters. The normalized spacial score (nSPS) is 11.5. The smallest absolute Gasteiger partial charge is 0.273 e. The molecule has 1 amide bonds. The van der Waals surface area contributed by atoms with Crippen molar-refractivity contribution in [1.82, 2.24) is 15.4 Å². The molecular formula is C18H14N4O. The van der Waals surface area contributed by atoms with Crippen LogP contribution < -0.4 is 5.43 Å². The summed E-state index contributed by atoms with van der Waals surface area (Å²) in [4.78, 5) is 18.5. The third kappa shape index (κ3) is 2.38. The molecule has 3 N–H and O–H groups in total. The summed E-state index contributed by atoms with van der Waals surface area (Å²) in [6.45, 7) is 0. The number of nitrogens with one attached hydrogen (secondary N) is 3. The molecule has 2 aromatic heterocycles. The van der Waals surface area contributed by atoms with E-state index in [9.17, 15) is 4.79 Å². The minimum absolute atomic E-state index is 0.242. The van der Waals surface area contributed by atoms with Gasteiger partial charge in [0.05, 0.1) is 17.3 Å². The lowest BCUT2D eigenvalue weighted by Gasteiger charge is -2.01. The van der Waals surface area contributed by atoms with Gasteiger partial charge in [0, 0.05) is 34.2 Å². The Kier molecular flexibility index (Phi) is 3.16. The highest BCUT2D eigenvalue weighted by atomic mass is 16.2. The molecule has 4 rings (SSSR count). The zero-order chi connectivity index (χ0) is 15.6. The average molecular weight is 302 g/mol. The number of amides is 1. The van der Waals surface area contributed by atoms with Crippen molar-refractivity contribution in [3.63, 3.8) is 0 Å². The fourth-order valence-electron chi connectivity index (χ4n) is 2.70. The van der Waals surface area contributed by atoms with Crippen LogP contribution in [0.3, 0.4) is 0 Å². The lowest BCUT2D eigenvalue weighted by atomic mass is 10.1. The fourth-order valence-corrected chi connectivity index (χ4v) is 2.70. The highest BCUT2D eigenvalue weighted by Crippen LogP contribution is 2.17. The molecule has 2 aromatic carbocycles. The van der Waals surface area contributed by atoms with E-state index in [-0.39, 0.29) is 5.91 Å². The fraction of sp³-hybridized carbons (Fsp3) is 0. The summed E-state index contributed by atoms with van der Waals surface area (Å²) in [6, 6.07) is 15.5. The lowest BCUT2D eigenvalue weighted by molar-refractivity contribution is 0.0956. The topological polar surface area (TPSA) is 73.0 Å². The molecule has 0 radical (unpaired) electrons. The van der Waals surface area contributed by atoms with Crippen LogP contribution in [0.1, 0.15) is 15.9 Å². The number of benzene rings is 2. The monoisotopic (exact) mass is 302 g/mol. The average Bonchev–Trinajstić information content (AvgIpc) is 3.21. The molecule has 0 aliphatic carbocycles. The summed E-state index contributed by atoms with van der Waals surface area (Å²) in [7, 11) is 0. The number of hydrogen-bond acceptors (Lipinski definition) is 2. The van der Waals surface area contributed by atoms with Crippen LogP contribution >= 0.6 is 0 Å². The standard InChI is InChI=1S/C18H14N4O/c23-18(15-6-3-4-12-8-9-19-17(12)15)22-21-11-13-10-20-16-7-2-1-5-14(13)16/h1-11,19-20H,(H,22,23)/b21-11-. The first-order valence-electron chi connectivity index (χ1n) is 7.28. The van der Waals surface area contributed by atoms with E-state index in [2.05, 4.69) is 20.5 Å². The minimum atomic E-state index is -0.242. The van der Waals surface area contributed by atoms with E-state index in [4.69, 9.17) is 0 Å². The molecule has 4 aromatic rings. The van der Waals surface area contributed by atoms with Crippen molar-refractivity contribution in [3.05, 3.63) is 72.1 Å². The molecule has 5 nitrogen and oxygen atoms in total. The van der Waals surface area contributed by atoms with E-state index in [1.54, 1.807) is 12.3 Å². The van der Waals surface area contributed by atoms with E-state index in [1.165, 1.54) is 0 Å². The number of aromatic amines is 2. The van der Waals surface area contributed by atoms with Gasteiger partial charge in [-0.05, 0) is 18.2 Å². The molecule has 0 spiro atoms. The van der Waals surface area contributed by atoms with E-state index >= 15 is 0 Å². The van der Waals surface area contributed by atoms with Crippen molar-refractivity contribution in [2.24, 2.45) is 5.10 Å². The molecule has 0 saturated heterocycles. The first-order valence-corrected chi connectivity index (χ1v) is 7.28. The van der Waals surface area contributed by atoms with Gasteiger partial charge < -0.3 is 9.97 Å². The van der Waals surface area contributed by atoms with Crippen molar-refractivity contribution in [2.45, 2.75) is 0 Å². The molecule has 0 aliphatic rings. The Labute approximate surface area is 132 Å². The summed E-state index contributed by atoms with van der Waals surface area (Å²) in [6.07, 6.45) is 5.33. The highest BCUT2D eigenvalue weighted by Gasteiger charge is 2.09. The Morgan fingerprint density at radius 2 is 1.96 bits per heavy atom. The molecule has 0 fully saturated rings. The number of nitrogens with zero attached hydrogens (tertiary/aromatic N) is 1. The Balaban J connectivity index is 1.56. The second kappa shape index (κ2) is 5.46. The van der Waals surface area contributed by atoms with Gasteiger partial charge in [-0.1, -0.05) is 30.3 Å². The Hall–Kier alpha value is -3.34. The number of rotatable bonds is 3. The molecule has 0 saturated carbocycles.